The number of aromatic hydroxyl groups is 1. The second-order valence-electron chi connectivity index (χ2n) is 3.51. The number of aliphatic imine (C=N–C) groups is 1. The first kappa shape index (κ1) is 11.0. The van der Waals surface area contributed by atoms with Gasteiger partial charge < -0.3 is 16.2 Å². The maximum absolute atomic E-state index is 9.29. The lowest BCUT2D eigenvalue weighted by Gasteiger charge is -2.05. The average Bonchev–Trinajstić information content (AvgIpc) is 2.30. The fraction of sp³-hybridized carbons (Fsp3) is 0. The van der Waals surface area contributed by atoms with E-state index in [1.165, 1.54) is 0 Å². The van der Waals surface area contributed by atoms with Crippen LogP contribution in [0.4, 0.5) is 11.4 Å². The number of hydrogen-bond donors (Lipinski definition) is 3. The number of nitrogens with two attached hydrogens (primary N) is 1. The first-order valence-corrected chi connectivity index (χ1v) is 5.19. The highest BCUT2D eigenvalue weighted by atomic mass is 16.3. The van der Waals surface area contributed by atoms with E-state index in [0.717, 1.165) is 5.69 Å². The number of hydrogen-bond acceptors (Lipinski definition) is 2. The van der Waals surface area contributed by atoms with Crippen LogP contribution in [0.15, 0.2) is 59.6 Å². The Morgan fingerprint density at radius 1 is 1.06 bits per heavy atom. The van der Waals surface area contributed by atoms with Crippen molar-refractivity contribution in [1.29, 1.82) is 0 Å². The third kappa shape index (κ3) is 3.24. The highest BCUT2D eigenvalue weighted by Gasteiger charge is 1.96. The molecule has 17 heavy (non-hydrogen) atoms. The molecule has 0 aliphatic carbocycles. The van der Waals surface area contributed by atoms with Gasteiger partial charge in [-0.2, -0.15) is 0 Å². The number of para-hydroxylation sites is 1. The van der Waals surface area contributed by atoms with Gasteiger partial charge in [0.1, 0.15) is 5.75 Å². The molecule has 0 saturated heterocycles. The van der Waals surface area contributed by atoms with E-state index in [4.69, 9.17) is 5.73 Å². The molecule has 4 nitrogen and oxygen atoms in total. The molecule has 0 saturated carbocycles. The van der Waals surface area contributed by atoms with Gasteiger partial charge in [-0.25, -0.2) is 4.99 Å². The lowest BCUT2D eigenvalue weighted by molar-refractivity contribution is 0.475. The minimum atomic E-state index is 0.183. The smallest absolute Gasteiger partial charge is 0.198 e. The van der Waals surface area contributed by atoms with Crippen molar-refractivity contribution in [1.82, 2.24) is 0 Å². The Bertz CT molecular complexity index is 523. The molecule has 0 heterocycles. The van der Waals surface area contributed by atoms with Crippen LogP contribution in [-0.4, -0.2) is 11.1 Å². The standard InChI is InChI=1S/C13H13N3O/c14-13(15-10-5-2-1-3-6-10)16-11-7-4-8-12(17)9-11/h1-9,17H,(H3,14,15,16). The summed E-state index contributed by atoms with van der Waals surface area (Å²) in [7, 11) is 0. The monoisotopic (exact) mass is 227 g/mol. The Labute approximate surface area is 99.4 Å². The van der Waals surface area contributed by atoms with Gasteiger partial charge in [-0.3, -0.25) is 0 Å². The molecule has 0 fully saturated rings. The van der Waals surface area contributed by atoms with Crippen LogP contribution in [0, 0.1) is 0 Å². The van der Waals surface area contributed by atoms with E-state index < -0.39 is 0 Å². The van der Waals surface area contributed by atoms with Gasteiger partial charge in [0.2, 0.25) is 0 Å². The lowest BCUT2D eigenvalue weighted by atomic mass is 10.3. The van der Waals surface area contributed by atoms with E-state index in [9.17, 15) is 5.11 Å². The number of nitrogens with one attached hydrogen (secondary N) is 1. The molecule has 0 amide bonds. The highest BCUT2D eigenvalue weighted by molar-refractivity contribution is 5.94. The molecule has 0 unspecified atom stereocenters. The molecule has 0 atom stereocenters. The molecule has 2 rings (SSSR count). The number of anilines is 1. The Kier molecular flexibility index (Phi) is 3.25. The largest absolute Gasteiger partial charge is 0.508 e. The van der Waals surface area contributed by atoms with E-state index in [-0.39, 0.29) is 11.7 Å². The zero-order chi connectivity index (χ0) is 12.1. The summed E-state index contributed by atoms with van der Waals surface area (Å²) in [6, 6.07) is 16.1. The van der Waals surface area contributed by atoms with Gasteiger partial charge in [-0.05, 0) is 24.3 Å². The summed E-state index contributed by atoms with van der Waals surface area (Å²) in [5.41, 5.74) is 7.22. The molecule has 4 N–H and O–H groups in total. The molecular formula is C13H13N3O. The Morgan fingerprint density at radius 3 is 2.53 bits per heavy atom. The fourth-order valence-electron chi connectivity index (χ4n) is 1.40. The van der Waals surface area contributed by atoms with Crippen LogP contribution in [0.1, 0.15) is 0 Å². The molecule has 2 aromatic carbocycles. The summed E-state index contributed by atoms with van der Waals surface area (Å²) >= 11 is 0. The van der Waals surface area contributed by atoms with Crippen molar-refractivity contribution < 1.29 is 5.11 Å². The predicted octanol–water partition coefficient (Wildman–Crippen LogP) is 2.45. The van der Waals surface area contributed by atoms with Crippen molar-refractivity contribution in [2.45, 2.75) is 0 Å². The zero-order valence-electron chi connectivity index (χ0n) is 9.17. The SMILES string of the molecule is NC(=Nc1ccccc1)Nc1cccc(O)c1. The molecule has 0 aliphatic heterocycles. The molecule has 0 aliphatic rings. The van der Waals surface area contributed by atoms with Gasteiger partial charge >= 0.3 is 0 Å². The van der Waals surface area contributed by atoms with Gasteiger partial charge in [-0.1, -0.05) is 24.3 Å². The summed E-state index contributed by atoms with van der Waals surface area (Å²) in [5, 5.41) is 12.2. The van der Waals surface area contributed by atoms with Crippen LogP contribution in [0.2, 0.25) is 0 Å². The van der Waals surface area contributed by atoms with Crippen molar-refractivity contribution in [2.75, 3.05) is 5.32 Å². The Hall–Kier alpha value is -2.49. The molecule has 0 aromatic heterocycles. The van der Waals surface area contributed by atoms with Crippen LogP contribution >= 0.6 is 0 Å². The second kappa shape index (κ2) is 5.03. The summed E-state index contributed by atoms with van der Waals surface area (Å²) < 4.78 is 0. The van der Waals surface area contributed by atoms with Gasteiger partial charge in [0.15, 0.2) is 5.96 Å². The van der Waals surface area contributed by atoms with Crippen molar-refractivity contribution >= 4 is 17.3 Å². The molecule has 2 aromatic rings. The molecular weight excluding hydrogens is 214 g/mol. The van der Waals surface area contributed by atoms with E-state index in [1.54, 1.807) is 24.3 Å². The van der Waals surface area contributed by atoms with Crippen LogP contribution < -0.4 is 11.1 Å². The van der Waals surface area contributed by atoms with Crippen LogP contribution in [0.3, 0.4) is 0 Å². The van der Waals surface area contributed by atoms with Crippen molar-refractivity contribution in [2.24, 2.45) is 10.7 Å². The molecule has 0 bridgehead atoms. The molecule has 86 valence electrons. The first-order valence-electron chi connectivity index (χ1n) is 5.19. The second-order valence-corrected chi connectivity index (χ2v) is 3.51. The lowest BCUT2D eigenvalue weighted by Crippen LogP contribution is -2.21. The van der Waals surface area contributed by atoms with Crippen molar-refractivity contribution in [3.05, 3.63) is 54.6 Å². The molecule has 4 heteroatoms. The number of phenols is 1. The third-order valence-electron chi connectivity index (χ3n) is 2.12. The summed E-state index contributed by atoms with van der Waals surface area (Å²) in [6.07, 6.45) is 0. The van der Waals surface area contributed by atoms with Crippen molar-refractivity contribution in [3.8, 4) is 5.75 Å². The Morgan fingerprint density at radius 2 is 1.82 bits per heavy atom. The van der Waals surface area contributed by atoms with Crippen LogP contribution in [0.5, 0.6) is 5.75 Å². The maximum atomic E-state index is 9.29. The van der Waals surface area contributed by atoms with Gasteiger partial charge in [0.25, 0.3) is 0 Å². The predicted molar refractivity (Wildman–Crippen MR) is 69.5 cm³/mol. The highest BCUT2D eigenvalue weighted by Crippen LogP contribution is 2.15. The van der Waals surface area contributed by atoms with Gasteiger partial charge in [-0.15, -0.1) is 0 Å². The quantitative estimate of drug-likeness (QED) is 0.545. The van der Waals surface area contributed by atoms with E-state index in [2.05, 4.69) is 10.3 Å². The third-order valence-corrected chi connectivity index (χ3v) is 2.12. The van der Waals surface area contributed by atoms with Gasteiger partial charge in [0, 0.05) is 11.8 Å². The van der Waals surface area contributed by atoms with Crippen LogP contribution in [0.25, 0.3) is 0 Å². The van der Waals surface area contributed by atoms with E-state index >= 15 is 0 Å². The summed E-state index contributed by atoms with van der Waals surface area (Å²) in [6.45, 7) is 0. The Balaban J connectivity index is 2.12. The van der Waals surface area contributed by atoms with Crippen molar-refractivity contribution in [3.63, 3.8) is 0 Å². The molecule has 0 spiro atoms. The number of guanidine groups is 1. The topological polar surface area (TPSA) is 70.6 Å². The summed E-state index contributed by atoms with van der Waals surface area (Å²) in [4.78, 5) is 4.19. The zero-order valence-corrected chi connectivity index (χ0v) is 9.17. The number of phenolic OH excluding ortho intramolecular Hbond substituents is 1. The summed E-state index contributed by atoms with van der Waals surface area (Å²) in [5.74, 6) is 0.462. The maximum Gasteiger partial charge on any atom is 0.198 e. The number of benzene rings is 2. The number of rotatable bonds is 2. The minimum Gasteiger partial charge on any atom is -0.508 e. The normalized spacial score (nSPS) is 11.2. The first-order chi connectivity index (χ1) is 8.24. The van der Waals surface area contributed by atoms with E-state index in [1.807, 2.05) is 30.3 Å². The number of nitrogens with zero attached hydrogens (tertiary/aromatic N) is 1. The fourth-order valence-corrected chi connectivity index (χ4v) is 1.40. The van der Waals surface area contributed by atoms with Crippen LogP contribution in [-0.2, 0) is 0 Å². The average molecular weight is 227 g/mol. The van der Waals surface area contributed by atoms with E-state index in [0.29, 0.717) is 5.69 Å². The van der Waals surface area contributed by atoms with Gasteiger partial charge in [0.05, 0.1) is 5.69 Å². The minimum absolute atomic E-state index is 0.183. The molecule has 0 radical (unpaired) electrons.